The summed E-state index contributed by atoms with van der Waals surface area (Å²) in [5, 5.41) is 2.50. The fraction of sp³-hybridized carbons (Fsp3) is 0.273. The molecule has 0 aliphatic rings. The maximum Gasteiger partial charge on any atom is 0.412 e. The van der Waals surface area contributed by atoms with Crippen LogP contribution in [0.4, 0.5) is 4.79 Å². The predicted molar refractivity (Wildman–Crippen MR) is 57.7 cm³/mol. The zero-order chi connectivity index (χ0) is 11.8. The Labute approximate surface area is 93.4 Å². The zero-order valence-corrected chi connectivity index (χ0v) is 8.93. The van der Waals surface area contributed by atoms with E-state index in [-0.39, 0.29) is 6.61 Å². The van der Waals surface area contributed by atoms with Gasteiger partial charge in [0, 0.05) is 6.54 Å². The summed E-state index contributed by atoms with van der Waals surface area (Å²) in [6.45, 7) is 2.33. The summed E-state index contributed by atoms with van der Waals surface area (Å²) in [6, 6.07) is 6.43. The number of hydrogen-bond acceptors (Lipinski definition) is 4. The molecule has 1 aromatic carbocycles. The predicted octanol–water partition coefficient (Wildman–Crippen LogP) is 1.37. The molecule has 0 saturated carbocycles. The highest BCUT2D eigenvalue weighted by atomic mass is 16.6. The van der Waals surface area contributed by atoms with Crippen molar-refractivity contribution in [3.8, 4) is 11.5 Å². The van der Waals surface area contributed by atoms with Crippen LogP contribution in [0, 0.1) is 0 Å². The Hall–Kier alpha value is -2.04. The van der Waals surface area contributed by atoms with Gasteiger partial charge in [0.1, 0.15) is 18.1 Å². The first-order valence-corrected chi connectivity index (χ1v) is 4.88. The summed E-state index contributed by atoms with van der Waals surface area (Å²) < 4.78 is 9.98. The van der Waals surface area contributed by atoms with E-state index < -0.39 is 6.09 Å². The number of rotatable bonds is 5. The summed E-state index contributed by atoms with van der Waals surface area (Å²) >= 11 is 0. The number of amides is 1. The molecule has 1 aromatic rings. The topological polar surface area (TPSA) is 64.6 Å². The van der Waals surface area contributed by atoms with E-state index >= 15 is 0 Å². The molecular weight excluding hydrogens is 210 g/mol. The lowest BCUT2D eigenvalue weighted by atomic mass is 10.3. The number of carbonyl (C=O) groups excluding carboxylic acids is 2. The van der Waals surface area contributed by atoms with Crippen molar-refractivity contribution in [2.75, 3.05) is 13.2 Å². The normalized spacial score (nSPS) is 9.31. The standard InChI is InChI=1S/C11H13NO4/c1-2-12-11(14)16-10-5-3-9(4-6-10)15-8-7-13/h3-7H,2,8H2,1H3,(H,12,14). The summed E-state index contributed by atoms with van der Waals surface area (Å²) in [5.74, 6) is 0.972. The summed E-state index contributed by atoms with van der Waals surface area (Å²) in [7, 11) is 0. The van der Waals surface area contributed by atoms with Gasteiger partial charge in [-0.1, -0.05) is 0 Å². The van der Waals surface area contributed by atoms with E-state index in [1.807, 2.05) is 0 Å². The molecule has 0 unspecified atom stereocenters. The van der Waals surface area contributed by atoms with Gasteiger partial charge in [0.05, 0.1) is 0 Å². The van der Waals surface area contributed by atoms with Crippen LogP contribution in [0.3, 0.4) is 0 Å². The van der Waals surface area contributed by atoms with Crippen LogP contribution < -0.4 is 14.8 Å². The van der Waals surface area contributed by atoms with Crippen LogP contribution >= 0.6 is 0 Å². The Kier molecular flexibility index (Phi) is 4.85. The minimum atomic E-state index is -0.496. The molecule has 86 valence electrons. The smallest absolute Gasteiger partial charge is 0.412 e. The molecule has 5 nitrogen and oxygen atoms in total. The Morgan fingerprint density at radius 3 is 2.50 bits per heavy atom. The van der Waals surface area contributed by atoms with Crippen molar-refractivity contribution in [1.29, 1.82) is 0 Å². The first-order chi connectivity index (χ1) is 7.76. The zero-order valence-electron chi connectivity index (χ0n) is 8.93. The van der Waals surface area contributed by atoms with Gasteiger partial charge in [-0.25, -0.2) is 4.79 Å². The lowest BCUT2D eigenvalue weighted by molar-refractivity contribution is -0.109. The van der Waals surface area contributed by atoms with E-state index in [0.29, 0.717) is 24.3 Å². The Morgan fingerprint density at radius 1 is 1.31 bits per heavy atom. The number of benzene rings is 1. The molecule has 5 heteroatoms. The van der Waals surface area contributed by atoms with Crippen molar-refractivity contribution in [2.24, 2.45) is 0 Å². The molecule has 0 aromatic heterocycles. The number of ether oxygens (including phenoxy) is 2. The molecule has 16 heavy (non-hydrogen) atoms. The minimum absolute atomic E-state index is 0.0104. The molecule has 1 amide bonds. The van der Waals surface area contributed by atoms with Gasteiger partial charge in [-0.2, -0.15) is 0 Å². The Bertz CT molecular complexity index is 348. The average molecular weight is 223 g/mol. The quantitative estimate of drug-likeness (QED) is 0.766. The van der Waals surface area contributed by atoms with Crippen molar-refractivity contribution < 1.29 is 19.1 Å². The molecule has 0 atom stereocenters. The largest absolute Gasteiger partial charge is 0.486 e. The van der Waals surface area contributed by atoms with Crippen molar-refractivity contribution in [2.45, 2.75) is 6.92 Å². The number of aldehydes is 1. The SMILES string of the molecule is CCNC(=O)Oc1ccc(OCC=O)cc1. The van der Waals surface area contributed by atoms with E-state index in [9.17, 15) is 9.59 Å². The monoisotopic (exact) mass is 223 g/mol. The van der Waals surface area contributed by atoms with Crippen LogP contribution in [-0.2, 0) is 4.79 Å². The molecule has 0 spiro atoms. The minimum Gasteiger partial charge on any atom is -0.486 e. The average Bonchev–Trinajstić information content (AvgIpc) is 2.28. The maximum absolute atomic E-state index is 11.1. The molecule has 1 N–H and O–H groups in total. The van der Waals surface area contributed by atoms with E-state index in [2.05, 4.69) is 5.32 Å². The third kappa shape index (κ3) is 4.00. The van der Waals surface area contributed by atoms with Crippen molar-refractivity contribution in [1.82, 2.24) is 5.32 Å². The Balaban J connectivity index is 2.50. The lowest BCUT2D eigenvalue weighted by Crippen LogP contribution is -2.26. The fourth-order valence-electron chi connectivity index (χ4n) is 1.02. The third-order valence-corrected chi connectivity index (χ3v) is 1.67. The molecule has 0 bridgehead atoms. The molecule has 0 heterocycles. The van der Waals surface area contributed by atoms with Crippen LogP contribution in [0.25, 0.3) is 0 Å². The Morgan fingerprint density at radius 2 is 1.94 bits per heavy atom. The van der Waals surface area contributed by atoms with Gasteiger partial charge in [0.2, 0.25) is 0 Å². The first-order valence-electron chi connectivity index (χ1n) is 4.88. The van der Waals surface area contributed by atoms with Crippen LogP contribution in [0.5, 0.6) is 11.5 Å². The van der Waals surface area contributed by atoms with Crippen LogP contribution in [0.2, 0.25) is 0 Å². The van der Waals surface area contributed by atoms with Gasteiger partial charge in [-0.3, -0.25) is 4.79 Å². The highest BCUT2D eigenvalue weighted by Gasteiger charge is 2.02. The van der Waals surface area contributed by atoms with Crippen molar-refractivity contribution in [3.63, 3.8) is 0 Å². The number of carbonyl (C=O) groups is 2. The van der Waals surface area contributed by atoms with Crippen molar-refractivity contribution >= 4 is 12.4 Å². The molecular formula is C11H13NO4. The second-order valence-electron chi connectivity index (χ2n) is 2.87. The second-order valence-corrected chi connectivity index (χ2v) is 2.87. The van der Waals surface area contributed by atoms with Crippen molar-refractivity contribution in [3.05, 3.63) is 24.3 Å². The van der Waals surface area contributed by atoms with Crippen LogP contribution in [-0.4, -0.2) is 25.5 Å². The van der Waals surface area contributed by atoms with E-state index in [0.717, 1.165) is 0 Å². The van der Waals surface area contributed by atoms with Gasteiger partial charge in [0.25, 0.3) is 0 Å². The lowest BCUT2D eigenvalue weighted by Gasteiger charge is -2.06. The first kappa shape index (κ1) is 12.0. The maximum atomic E-state index is 11.1. The molecule has 0 saturated heterocycles. The number of nitrogens with one attached hydrogen (secondary N) is 1. The molecule has 0 aliphatic heterocycles. The summed E-state index contributed by atoms with van der Waals surface area (Å²) in [4.78, 5) is 21.1. The van der Waals surface area contributed by atoms with E-state index in [1.54, 1.807) is 31.2 Å². The van der Waals surface area contributed by atoms with Gasteiger partial charge in [0.15, 0.2) is 6.29 Å². The molecule has 0 radical (unpaired) electrons. The van der Waals surface area contributed by atoms with E-state index in [1.165, 1.54) is 0 Å². The fourth-order valence-corrected chi connectivity index (χ4v) is 1.02. The second kappa shape index (κ2) is 6.44. The highest BCUT2D eigenvalue weighted by molar-refractivity contribution is 5.70. The van der Waals surface area contributed by atoms with E-state index in [4.69, 9.17) is 9.47 Å². The summed E-state index contributed by atoms with van der Waals surface area (Å²) in [6.07, 6.45) is 0.170. The molecule has 0 fully saturated rings. The number of hydrogen-bond donors (Lipinski definition) is 1. The molecule has 1 rings (SSSR count). The van der Waals surface area contributed by atoms with Gasteiger partial charge in [-0.05, 0) is 31.2 Å². The third-order valence-electron chi connectivity index (χ3n) is 1.67. The van der Waals surface area contributed by atoms with Crippen LogP contribution in [0.15, 0.2) is 24.3 Å². The van der Waals surface area contributed by atoms with Gasteiger partial charge >= 0.3 is 6.09 Å². The van der Waals surface area contributed by atoms with Gasteiger partial charge in [-0.15, -0.1) is 0 Å². The summed E-state index contributed by atoms with van der Waals surface area (Å²) in [5.41, 5.74) is 0. The van der Waals surface area contributed by atoms with Gasteiger partial charge < -0.3 is 14.8 Å². The molecule has 0 aliphatic carbocycles. The van der Waals surface area contributed by atoms with Crippen LogP contribution in [0.1, 0.15) is 6.92 Å². The highest BCUT2D eigenvalue weighted by Crippen LogP contribution is 2.17.